The summed E-state index contributed by atoms with van der Waals surface area (Å²) < 4.78 is 26.8. The van der Waals surface area contributed by atoms with Gasteiger partial charge in [-0.25, -0.2) is 0 Å². The lowest BCUT2D eigenvalue weighted by atomic mass is 9.71. The van der Waals surface area contributed by atoms with Crippen molar-refractivity contribution < 1.29 is 8.42 Å². The van der Waals surface area contributed by atoms with Gasteiger partial charge < -0.3 is 0 Å². The van der Waals surface area contributed by atoms with E-state index in [1.807, 2.05) is 62.4 Å². The maximum atomic E-state index is 13.6. The molecule has 0 bridgehead atoms. The number of rotatable bonds is 5. The molecule has 0 N–H and O–H groups in total. The van der Waals surface area contributed by atoms with E-state index in [0.717, 1.165) is 45.8 Å². The maximum absolute atomic E-state index is 13.6. The number of hydrogen-bond donors (Lipinski definition) is 0. The quantitative estimate of drug-likeness (QED) is 0.569. The molecule has 0 aliphatic heterocycles. The average molecular weight is 415 g/mol. The summed E-state index contributed by atoms with van der Waals surface area (Å²) in [6.45, 7) is 12.8. The summed E-state index contributed by atoms with van der Waals surface area (Å²) in [5, 5.41) is 0. The van der Waals surface area contributed by atoms with E-state index in [4.69, 9.17) is 0 Å². The first-order chi connectivity index (χ1) is 13.2. The molecule has 1 fully saturated rings. The molecule has 1 aliphatic rings. The fourth-order valence-electron chi connectivity index (χ4n) is 3.90. The van der Waals surface area contributed by atoms with E-state index < -0.39 is 26.2 Å². The Labute approximate surface area is 174 Å². The van der Waals surface area contributed by atoms with Crippen LogP contribution in [0, 0.1) is 25.2 Å². The van der Waals surface area contributed by atoms with Crippen LogP contribution in [0.2, 0.25) is 0 Å². The molecule has 3 rings (SSSR count). The molecule has 0 heterocycles. The van der Waals surface area contributed by atoms with E-state index in [-0.39, 0.29) is 11.3 Å². The molecule has 1 saturated carbocycles. The van der Waals surface area contributed by atoms with Crippen LogP contribution in [0.5, 0.6) is 0 Å². The second-order valence-electron chi connectivity index (χ2n) is 8.73. The lowest BCUT2D eigenvalue weighted by Gasteiger charge is -2.39. The average Bonchev–Trinajstić information content (AvgIpc) is 2.64. The van der Waals surface area contributed by atoms with Crippen molar-refractivity contribution >= 4 is 21.6 Å². The molecule has 150 valence electrons. The smallest absolute Gasteiger partial charge is 0.126 e. The summed E-state index contributed by atoms with van der Waals surface area (Å²) in [5.74, 6) is -0.00250. The Morgan fingerprint density at radius 1 is 0.893 bits per heavy atom. The van der Waals surface area contributed by atoms with Gasteiger partial charge in [-0.15, -0.1) is 0 Å². The third-order valence-corrected chi connectivity index (χ3v) is 9.64. The molecule has 2 nitrogen and oxygen atoms in total. The summed E-state index contributed by atoms with van der Waals surface area (Å²) in [6, 6.07) is 15.5. The van der Waals surface area contributed by atoms with Crippen LogP contribution in [0.1, 0.15) is 44.2 Å². The molecule has 0 spiro atoms. The van der Waals surface area contributed by atoms with Crippen LogP contribution >= 0.6 is 0 Å². The number of hydrogen-bond acceptors (Lipinski definition) is 2. The van der Waals surface area contributed by atoms with E-state index in [0.29, 0.717) is 0 Å². The zero-order chi connectivity index (χ0) is 20.5. The molecule has 3 atom stereocenters. The van der Waals surface area contributed by atoms with Crippen molar-refractivity contribution in [2.75, 3.05) is 0 Å². The Morgan fingerprint density at radius 3 is 1.71 bits per heavy atom. The maximum Gasteiger partial charge on any atom is 0.126 e. The van der Waals surface area contributed by atoms with E-state index >= 15 is 0 Å². The van der Waals surface area contributed by atoms with Gasteiger partial charge in [0.25, 0.3) is 0 Å². The Balaban J connectivity index is 1.99. The molecule has 1 aliphatic carbocycles. The van der Waals surface area contributed by atoms with Gasteiger partial charge in [0.1, 0.15) is 4.58 Å². The summed E-state index contributed by atoms with van der Waals surface area (Å²) in [6.07, 6.45) is 2.81. The monoisotopic (exact) mass is 414 g/mol. The second-order valence-corrected chi connectivity index (χ2v) is 12.2. The topological polar surface area (TPSA) is 34.1 Å². The van der Waals surface area contributed by atoms with Crippen LogP contribution in [-0.2, 0) is 21.6 Å². The van der Waals surface area contributed by atoms with Gasteiger partial charge in [0.2, 0.25) is 0 Å². The zero-order valence-electron chi connectivity index (χ0n) is 17.2. The van der Waals surface area contributed by atoms with Crippen molar-refractivity contribution in [2.45, 2.75) is 61.3 Å². The second kappa shape index (κ2) is 8.46. The summed E-state index contributed by atoms with van der Waals surface area (Å²) in [7, 11) is -2.74. The molecule has 0 amide bonds. The third-order valence-electron chi connectivity index (χ3n) is 5.62. The lowest BCUT2D eigenvalue weighted by molar-refractivity contribution is 0.254. The van der Waals surface area contributed by atoms with Crippen LogP contribution in [0.4, 0.5) is 0 Å². The molecule has 2 unspecified atom stereocenters. The number of allylic oxidation sites excluding steroid dienone is 1. The molecule has 2 aromatic rings. The molecule has 28 heavy (non-hydrogen) atoms. The van der Waals surface area contributed by atoms with Gasteiger partial charge in [0.05, 0.1) is 21.6 Å². The predicted octanol–water partition coefficient (Wildman–Crippen LogP) is 5.93. The highest BCUT2D eigenvalue weighted by atomic mass is 32.2. The highest BCUT2D eigenvalue weighted by Gasteiger charge is 2.40. The SMILES string of the molecule is C=C1CC(C)(C)CC[C@H]1C(S(=O)c1ccc(C)cc1)S(=O)c1ccc(C)cc1. The molecule has 4 heteroatoms. The number of benzene rings is 2. The Kier molecular flexibility index (Phi) is 6.41. The Morgan fingerprint density at radius 2 is 1.32 bits per heavy atom. The van der Waals surface area contributed by atoms with Crippen LogP contribution in [-0.4, -0.2) is 13.0 Å². The van der Waals surface area contributed by atoms with Crippen molar-refractivity contribution in [3.63, 3.8) is 0 Å². The van der Waals surface area contributed by atoms with Gasteiger partial charge in [-0.3, -0.25) is 8.42 Å². The van der Waals surface area contributed by atoms with Crippen molar-refractivity contribution in [1.82, 2.24) is 0 Å². The fraction of sp³-hybridized carbons (Fsp3) is 0.417. The van der Waals surface area contributed by atoms with Crippen LogP contribution in [0.25, 0.3) is 0 Å². The summed E-state index contributed by atoms with van der Waals surface area (Å²) in [4.78, 5) is 1.49. The van der Waals surface area contributed by atoms with Crippen LogP contribution < -0.4 is 0 Å². The third kappa shape index (κ3) is 4.72. The van der Waals surface area contributed by atoms with E-state index in [9.17, 15) is 8.42 Å². The first kappa shape index (κ1) is 21.2. The van der Waals surface area contributed by atoms with Gasteiger partial charge in [0.15, 0.2) is 0 Å². The minimum atomic E-state index is -1.37. The van der Waals surface area contributed by atoms with Crippen molar-refractivity contribution in [1.29, 1.82) is 0 Å². The standard InChI is InChI=1S/C24H30O2S2/c1-17-6-10-20(11-7-17)27(25)23(22-14-15-24(4,5)16-19(22)3)28(26)21-12-8-18(2)9-13-21/h6-13,22-23H,3,14-16H2,1-2,4-5H3/t22-,23?,27?,28?/m1/s1. The minimum Gasteiger partial charge on any atom is -0.253 e. The highest BCUT2D eigenvalue weighted by molar-refractivity contribution is 8.03. The van der Waals surface area contributed by atoms with Gasteiger partial charge in [-0.1, -0.05) is 61.4 Å². The van der Waals surface area contributed by atoms with Crippen molar-refractivity contribution in [3.05, 3.63) is 71.8 Å². The lowest BCUT2D eigenvalue weighted by Crippen LogP contribution is -2.36. The Bertz CT molecular complexity index is 838. The van der Waals surface area contributed by atoms with Gasteiger partial charge in [0, 0.05) is 15.7 Å². The minimum absolute atomic E-state index is 0.00250. The largest absolute Gasteiger partial charge is 0.253 e. The van der Waals surface area contributed by atoms with E-state index in [1.54, 1.807) is 0 Å². The Hall–Kier alpha value is -1.52. The highest BCUT2D eigenvalue weighted by Crippen LogP contribution is 2.44. The zero-order valence-corrected chi connectivity index (χ0v) is 18.9. The van der Waals surface area contributed by atoms with Crippen LogP contribution in [0.15, 0.2) is 70.5 Å². The molecule has 0 aromatic heterocycles. The van der Waals surface area contributed by atoms with Gasteiger partial charge >= 0.3 is 0 Å². The van der Waals surface area contributed by atoms with Crippen LogP contribution in [0.3, 0.4) is 0 Å². The molecular formula is C24H30O2S2. The molecule has 2 aromatic carbocycles. The fourth-order valence-corrected chi connectivity index (χ4v) is 7.80. The molecule has 0 radical (unpaired) electrons. The van der Waals surface area contributed by atoms with Crippen molar-refractivity contribution in [2.24, 2.45) is 11.3 Å². The van der Waals surface area contributed by atoms with Gasteiger partial charge in [-0.2, -0.15) is 0 Å². The summed E-state index contributed by atoms with van der Waals surface area (Å²) in [5.41, 5.74) is 3.54. The van der Waals surface area contributed by atoms with E-state index in [2.05, 4.69) is 20.4 Å². The van der Waals surface area contributed by atoms with E-state index in [1.165, 1.54) is 0 Å². The predicted molar refractivity (Wildman–Crippen MR) is 119 cm³/mol. The van der Waals surface area contributed by atoms with Crippen molar-refractivity contribution in [3.8, 4) is 0 Å². The first-order valence-corrected chi connectivity index (χ1v) is 12.2. The normalized spacial score (nSPS) is 22.4. The first-order valence-electron chi connectivity index (χ1n) is 9.80. The molecule has 0 saturated heterocycles. The summed E-state index contributed by atoms with van der Waals surface area (Å²) >= 11 is 0. The number of aryl methyl sites for hydroxylation is 2. The van der Waals surface area contributed by atoms with Gasteiger partial charge in [-0.05, 0) is 62.8 Å². The molecular weight excluding hydrogens is 384 g/mol.